The molecule has 1 amide bonds. The Morgan fingerprint density at radius 2 is 1.95 bits per heavy atom. The SMILES string of the molecule is COc1ccc(C=CC(=O)OC(C)(C)C)c(C(N)=O)n1. The monoisotopic (exact) mass is 278 g/mol. The van der Waals surface area contributed by atoms with E-state index in [9.17, 15) is 9.59 Å². The van der Waals surface area contributed by atoms with Gasteiger partial charge < -0.3 is 15.2 Å². The Kier molecular flexibility index (Phi) is 4.85. The van der Waals surface area contributed by atoms with Gasteiger partial charge in [-0.05, 0) is 32.9 Å². The molecule has 0 spiro atoms. The van der Waals surface area contributed by atoms with Gasteiger partial charge in [-0.15, -0.1) is 0 Å². The zero-order chi connectivity index (χ0) is 15.3. The number of amides is 1. The highest BCUT2D eigenvalue weighted by molar-refractivity contribution is 5.96. The molecule has 0 atom stereocenters. The van der Waals surface area contributed by atoms with Gasteiger partial charge in [0.25, 0.3) is 5.91 Å². The third kappa shape index (κ3) is 4.72. The summed E-state index contributed by atoms with van der Waals surface area (Å²) in [6, 6.07) is 3.16. The molecule has 2 N–H and O–H groups in total. The molecule has 1 aromatic heterocycles. The van der Waals surface area contributed by atoms with Gasteiger partial charge in [-0.2, -0.15) is 0 Å². The first-order chi connectivity index (χ1) is 9.23. The molecular weight excluding hydrogens is 260 g/mol. The number of primary amides is 1. The smallest absolute Gasteiger partial charge is 0.331 e. The van der Waals surface area contributed by atoms with Gasteiger partial charge in [-0.1, -0.05) is 0 Å². The molecule has 0 fully saturated rings. The molecule has 0 unspecified atom stereocenters. The van der Waals surface area contributed by atoms with Gasteiger partial charge in [0.2, 0.25) is 5.88 Å². The first-order valence-electron chi connectivity index (χ1n) is 5.99. The minimum Gasteiger partial charge on any atom is -0.481 e. The van der Waals surface area contributed by atoms with Crippen LogP contribution in [0.3, 0.4) is 0 Å². The lowest BCUT2D eigenvalue weighted by Crippen LogP contribution is -2.22. The molecule has 20 heavy (non-hydrogen) atoms. The molecule has 0 bridgehead atoms. The number of hydrogen-bond acceptors (Lipinski definition) is 5. The molecule has 0 radical (unpaired) electrons. The minimum atomic E-state index is -0.701. The van der Waals surface area contributed by atoms with E-state index >= 15 is 0 Å². The fraction of sp³-hybridized carbons (Fsp3) is 0.357. The number of rotatable bonds is 4. The lowest BCUT2D eigenvalue weighted by atomic mass is 10.1. The van der Waals surface area contributed by atoms with Gasteiger partial charge in [0.1, 0.15) is 11.3 Å². The van der Waals surface area contributed by atoms with Gasteiger partial charge in [-0.3, -0.25) is 4.79 Å². The fourth-order valence-corrected chi connectivity index (χ4v) is 1.39. The summed E-state index contributed by atoms with van der Waals surface area (Å²) in [7, 11) is 1.43. The molecule has 0 aliphatic carbocycles. The number of carbonyl (C=O) groups excluding carboxylic acids is 2. The number of aromatic nitrogens is 1. The first-order valence-corrected chi connectivity index (χ1v) is 5.99. The van der Waals surface area contributed by atoms with Gasteiger partial charge >= 0.3 is 5.97 Å². The summed E-state index contributed by atoms with van der Waals surface area (Å²) in [5.74, 6) is -0.940. The molecule has 1 aromatic rings. The summed E-state index contributed by atoms with van der Waals surface area (Å²) < 4.78 is 10.0. The summed E-state index contributed by atoms with van der Waals surface area (Å²) >= 11 is 0. The largest absolute Gasteiger partial charge is 0.481 e. The molecular formula is C14H18N2O4. The Morgan fingerprint density at radius 3 is 2.45 bits per heavy atom. The van der Waals surface area contributed by atoms with Crippen molar-refractivity contribution in [1.82, 2.24) is 4.98 Å². The molecule has 1 rings (SSSR count). The van der Waals surface area contributed by atoms with E-state index < -0.39 is 17.5 Å². The number of carbonyl (C=O) groups is 2. The second kappa shape index (κ2) is 6.18. The topological polar surface area (TPSA) is 91.5 Å². The van der Waals surface area contributed by atoms with Crippen LogP contribution in [0.15, 0.2) is 18.2 Å². The highest BCUT2D eigenvalue weighted by Crippen LogP contribution is 2.15. The van der Waals surface area contributed by atoms with Crippen molar-refractivity contribution in [2.45, 2.75) is 26.4 Å². The highest BCUT2D eigenvalue weighted by Gasteiger charge is 2.15. The van der Waals surface area contributed by atoms with E-state index in [1.165, 1.54) is 19.3 Å². The van der Waals surface area contributed by atoms with Crippen LogP contribution in [0, 0.1) is 0 Å². The van der Waals surface area contributed by atoms with Gasteiger partial charge in [-0.25, -0.2) is 9.78 Å². The number of hydrogen-bond donors (Lipinski definition) is 1. The van der Waals surface area contributed by atoms with Crippen LogP contribution in [0.2, 0.25) is 0 Å². The molecule has 0 saturated heterocycles. The predicted octanol–water partition coefficient (Wildman–Crippen LogP) is 1.54. The van der Waals surface area contributed by atoms with E-state index in [4.69, 9.17) is 15.2 Å². The van der Waals surface area contributed by atoms with Crippen molar-refractivity contribution >= 4 is 18.0 Å². The van der Waals surface area contributed by atoms with Crippen molar-refractivity contribution in [3.8, 4) is 5.88 Å². The van der Waals surface area contributed by atoms with E-state index in [0.29, 0.717) is 5.56 Å². The molecule has 0 aliphatic heterocycles. The summed E-state index contributed by atoms with van der Waals surface area (Å²) in [4.78, 5) is 26.8. The maximum absolute atomic E-state index is 11.6. The van der Waals surface area contributed by atoms with Crippen molar-refractivity contribution in [3.05, 3.63) is 29.5 Å². The van der Waals surface area contributed by atoms with E-state index in [0.717, 1.165) is 0 Å². The second-order valence-electron chi connectivity index (χ2n) is 5.02. The van der Waals surface area contributed by atoms with Crippen molar-refractivity contribution in [2.24, 2.45) is 5.73 Å². The second-order valence-corrected chi connectivity index (χ2v) is 5.02. The quantitative estimate of drug-likeness (QED) is 0.666. The van der Waals surface area contributed by atoms with Crippen LogP contribution in [-0.2, 0) is 9.53 Å². The van der Waals surface area contributed by atoms with E-state index in [-0.39, 0.29) is 11.6 Å². The Labute approximate surface area is 117 Å². The summed E-state index contributed by atoms with van der Waals surface area (Å²) in [5.41, 5.74) is 5.11. The molecule has 1 heterocycles. The zero-order valence-corrected chi connectivity index (χ0v) is 12.0. The Bertz CT molecular complexity index is 545. The molecule has 6 nitrogen and oxygen atoms in total. The number of pyridine rings is 1. The Morgan fingerprint density at radius 1 is 1.30 bits per heavy atom. The normalized spacial score (nSPS) is 11.4. The molecule has 0 aliphatic rings. The highest BCUT2D eigenvalue weighted by atomic mass is 16.6. The molecule has 0 aromatic carbocycles. The minimum absolute atomic E-state index is 0.0316. The van der Waals surface area contributed by atoms with E-state index in [1.54, 1.807) is 32.9 Å². The Hall–Kier alpha value is -2.37. The van der Waals surface area contributed by atoms with Crippen LogP contribution in [0.1, 0.15) is 36.8 Å². The third-order valence-electron chi connectivity index (χ3n) is 2.15. The van der Waals surface area contributed by atoms with Crippen LogP contribution in [0.5, 0.6) is 5.88 Å². The average Bonchev–Trinajstić information content (AvgIpc) is 2.34. The van der Waals surface area contributed by atoms with Crippen LogP contribution < -0.4 is 10.5 Å². The van der Waals surface area contributed by atoms with Crippen molar-refractivity contribution in [2.75, 3.05) is 7.11 Å². The fourth-order valence-electron chi connectivity index (χ4n) is 1.39. The molecule has 6 heteroatoms. The summed E-state index contributed by atoms with van der Waals surface area (Å²) in [6.07, 6.45) is 2.65. The van der Waals surface area contributed by atoms with Gasteiger partial charge in [0.15, 0.2) is 0 Å². The lowest BCUT2D eigenvalue weighted by molar-refractivity contribution is -0.148. The van der Waals surface area contributed by atoms with Crippen LogP contribution in [0.25, 0.3) is 6.08 Å². The van der Waals surface area contributed by atoms with Crippen molar-refractivity contribution in [3.63, 3.8) is 0 Å². The van der Waals surface area contributed by atoms with Crippen molar-refractivity contribution < 1.29 is 19.1 Å². The number of methoxy groups -OCH3 is 1. The van der Waals surface area contributed by atoms with E-state index in [1.807, 2.05) is 0 Å². The van der Waals surface area contributed by atoms with Crippen LogP contribution in [-0.4, -0.2) is 29.6 Å². The van der Waals surface area contributed by atoms with Crippen LogP contribution >= 0.6 is 0 Å². The lowest BCUT2D eigenvalue weighted by Gasteiger charge is -2.17. The number of ether oxygens (including phenoxy) is 2. The zero-order valence-electron chi connectivity index (χ0n) is 12.0. The maximum atomic E-state index is 11.6. The summed E-state index contributed by atoms with van der Waals surface area (Å²) in [6.45, 7) is 5.30. The number of nitrogens with zero attached hydrogens (tertiary/aromatic N) is 1. The predicted molar refractivity (Wildman–Crippen MR) is 74.2 cm³/mol. The number of esters is 1. The van der Waals surface area contributed by atoms with Gasteiger partial charge in [0.05, 0.1) is 7.11 Å². The molecule has 0 saturated carbocycles. The maximum Gasteiger partial charge on any atom is 0.331 e. The average molecular weight is 278 g/mol. The molecule has 108 valence electrons. The first kappa shape index (κ1) is 15.7. The summed E-state index contributed by atoms with van der Waals surface area (Å²) in [5, 5.41) is 0. The van der Waals surface area contributed by atoms with Crippen molar-refractivity contribution in [1.29, 1.82) is 0 Å². The third-order valence-corrected chi connectivity index (χ3v) is 2.15. The standard InChI is InChI=1S/C14H18N2O4/c1-14(2,3)20-11(17)8-6-9-5-7-10(19-4)16-12(9)13(15)18/h5-8H,1-4H3,(H2,15,18). The number of nitrogens with two attached hydrogens (primary N) is 1. The van der Waals surface area contributed by atoms with Gasteiger partial charge in [0, 0.05) is 17.7 Å². The Balaban J connectivity index is 2.97. The van der Waals surface area contributed by atoms with E-state index in [2.05, 4.69) is 4.98 Å². The van der Waals surface area contributed by atoms with Crippen LogP contribution in [0.4, 0.5) is 0 Å².